The minimum atomic E-state index is 0.0109. The van der Waals surface area contributed by atoms with Crippen molar-refractivity contribution in [2.45, 2.75) is 32.4 Å². The highest BCUT2D eigenvalue weighted by Gasteiger charge is 2.24. The summed E-state index contributed by atoms with van der Waals surface area (Å²) in [4.78, 5) is 18.2. The van der Waals surface area contributed by atoms with Gasteiger partial charge in [0.2, 0.25) is 0 Å². The predicted molar refractivity (Wildman–Crippen MR) is 113 cm³/mol. The van der Waals surface area contributed by atoms with E-state index in [0.29, 0.717) is 0 Å². The van der Waals surface area contributed by atoms with Gasteiger partial charge in [0.05, 0.1) is 5.69 Å². The maximum atomic E-state index is 12.6. The molecule has 2 aromatic carbocycles. The molecular formula is C22H24BrN3O. The number of imidazole rings is 1. The molecule has 0 unspecified atom stereocenters. The Labute approximate surface area is 168 Å². The van der Waals surface area contributed by atoms with Crippen LogP contribution in [0.2, 0.25) is 0 Å². The number of piperidine rings is 1. The lowest BCUT2D eigenvalue weighted by Gasteiger charge is -2.32. The van der Waals surface area contributed by atoms with Gasteiger partial charge in [-0.15, -0.1) is 0 Å². The van der Waals surface area contributed by atoms with Crippen molar-refractivity contribution in [3.05, 3.63) is 80.8 Å². The number of halogens is 1. The van der Waals surface area contributed by atoms with Gasteiger partial charge in [-0.1, -0.05) is 58.4 Å². The fourth-order valence-electron chi connectivity index (χ4n) is 4.09. The van der Waals surface area contributed by atoms with E-state index >= 15 is 0 Å². The van der Waals surface area contributed by atoms with Crippen molar-refractivity contribution in [3.63, 3.8) is 0 Å². The molecule has 0 atom stereocenters. The first-order valence-corrected chi connectivity index (χ1v) is 10.2. The first-order chi connectivity index (χ1) is 13.1. The molecule has 0 saturated carbocycles. The van der Waals surface area contributed by atoms with Crippen molar-refractivity contribution in [1.29, 1.82) is 0 Å². The van der Waals surface area contributed by atoms with Crippen molar-refractivity contribution in [2.75, 3.05) is 13.1 Å². The third kappa shape index (κ3) is 3.94. The van der Waals surface area contributed by atoms with E-state index in [9.17, 15) is 4.79 Å². The van der Waals surface area contributed by atoms with Gasteiger partial charge < -0.3 is 4.98 Å². The molecule has 1 aliphatic rings. The summed E-state index contributed by atoms with van der Waals surface area (Å²) in [5, 5.41) is 0. The Morgan fingerprint density at radius 1 is 1.07 bits per heavy atom. The van der Waals surface area contributed by atoms with E-state index in [2.05, 4.69) is 50.1 Å². The zero-order chi connectivity index (χ0) is 18.8. The van der Waals surface area contributed by atoms with Gasteiger partial charge in [-0.2, -0.15) is 0 Å². The Kier molecular flexibility index (Phi) is 5.32. The molecule has 0 spiro atoms. The Hall–Kier alpha value is -2.11. The van der Waals surface area contributed by atoms with Crippen molar-refractivity contribution >= 4 is 15.9 Å². The molecule has 2 heterocycles. The predicted octanol–water partition coefficient (Wildman–Crippen LogP) is 4.75. The van der Waals surface area contributed by atoms with Crippen molar-refractivity contribution in [1.82, 2.24) is 14.5 Å². The van der Waals surface area contributed by atoms with E-state index < -0.39 is 0 Å². The lowest BCUT2D eigenvalue weighted by Crippen LogP contribution is -2.37. The maximum Gasteiger partial charge on any atom is 0.326 e. The van der Waals surface area contributed by atoms with Gasteiger partial charge in [-0.25, -0.2) is 4.79 Å². The number of benzene rings is 2. The Bertz CT molecular complexity index is 969. The summed E-state index contributed by atoms with van der Waals surface area (Å²) in [7, 11) is 0. The monoisotopic (exact) mass is 425 g/mol. The third-order valence-corrected chi connectivity index (χ3v) is 5.95. The van der Waals surface area contributed by atoms with E-state index in [4.69, 9.17) is 0 Å². The number of rotatable bonds is 4. The molecule has 0 aliphatic carbocycles. The van der Waals surface area contributed by atoms with Gasteiger partial charge in [-0.3, -0.25) is 9.47 Å². The normalized spacial score (nSPS) is 15.9. The number of H-pyrrole nitrogens is 1. The molecule has 140 valence electrons. The molecule has 1 fully saturated rings. The highest BCUT2D eigenvalue weighted by atomic mass is 79.9. The summed E-state index contributed by atoms with van der Waals surface area (Å²) < 4.78 is 3.09. The second-order valence-corrected chi connectivity index (χ2v) is 8.18. The van der Waals surface area contributed by atoms with Crippen molar-refractivity contribution in [3.8, 4) is 11.3 Å². The third-order valence-electron chi connectivity index (χ3n) is 5.45. The molecule has 1 aliphatic heterocycles. The summed E-state index contributed by atoms with van der Waals surface area (Å²) in [6.07, 6.45) is 2.00. The summed E-state index contributed by atoms with van der Waals surface area (Å²) in [5.74, 6) is 0. The number of nitrogens with one attached hydrogen (secondary N) is 1. The minimum Gasteiger partial charge on any atom is -0.305 e. The van der Waals surface area contributed by atoms with Crippen LogP contribution in [0, 0.1) is 6.92 Å². The highest BCUT2D eigenvalue weighted by molar-refractivity contribution is 9.10. The smallest absolute Gasteiger partial charge is 0.305 e. The fourth-order valence-corrected chi connectivity index (χ4v) is 4.53. The number of nitrogens with zero attached hydrogens (tertiary/aromatic N) is 2. The molecule has 5 heteroatoms. The SMILES string of the molecule is Cc1c(-c2ccccc2)[nH]c(=O)n1C1CCN(Cc2cccc(Br)c2)CC1. The van der Waals surface area contributed by atoms with Crippen LogP contribution >= 0.6 is 15.9 Å². The van der Waals surface area contributed by atoms with Crippen LogP contribution in [0.5, 0.6) is 0 Å². The molecule has 4 rings (SSSR count). The second-order valence-electron chi connectivity index (χ2n) is 7.26. The molecule has 1 saturated heterocycles. The summed E-state index contributed by atoms with van der Waals surface area (Å²) in [5.41, 5.74) is 4.38. The van der Waals surface area contributed by atoms with Crippen LogP contribution in [0.4, 0.5) is 0 Å². The minimum absolute atomic E-state index is 0.0109. The largest absolute Gasteiger partial charge is 0.326 e. The van der Waals surface area contributed by atoms with Crippen molar-refractivity contribution < 1.29 is 0 Å². The summed E-state index contributed by atoms with van der Waals surface area (Å²) in [6.45, 7) is 5.03. The standard InChI is InChI=1S/C22H24BrN3O/c1-16-21(18-7-3-2-4-8-18)24-22(27)26(16)20-10-12-25(13-11-20)15-17-6-5-9-19(23)14-17/h2-9,14,20H,10-13,15H2,1H3,(H,24,27). The Morgan fingerprint density at radius 3 is 2.52 bits per heavy atom. The first-order valence-electron chi connectivity index (χ1n) is 9.45. The number of aromatic nitrogens is 2. The molecule has 0 amide bonds. The Morgan fingerprint density at radius 2 is 1.81 bits per heavy atom. The lowest BCUT2D eigenvalue weighted by molar-refractivity contribution is 0.177. The summed E-state index contributed by atoms with van der Waals surface area (Å²) in [6, 6.07) is 18.9. The highest BCUT2D eigenvalue weighted by Crippen LogP contribution is 2.27. The van der Waals surface area contributed by atoms with Crippen LogP contribution in [0.3, 0.4) is 0 Å². The number of likely N-dealkylation sites (tertiary alicyclic amines) is 1. The van der Waals surface area contributed by atoms with Crippen LogP contribution in [0.15, 0.2) is 63.9 Å². The molecule has 1 N–H and O–H groups in total. The first kappa shape index (κ1) is 18.3. The van der Waals surface area contributed by atoms with Crippen LogP contribution in [-0.4, -0.2) is 27.5 Å². The zero-order valence-corrected chi connectivity index (χ0v) is 17.1. The van der Waals surface area contributed by atoms with Crippen LogP contribution < -0.4 is 5.69 Å². The van der Waals surface area contributed by atoms with E-state index in [-0.39, 0.29) is 11.7 Å². The molecule has 27 heavy (non-hydrogen) atoms. The number of hydrogen-bond acceptors (Lipinski definition) is 2. The van der Waals surface area contributed by atoms with Gasteiger partial charge in [0, 0.05) is 35.8 Å². The van der Waals surface area contributed by atoms with Gasteiger partial charge in [0.25, 0.3) is 0 Å². The summed E-state index contributed by atoms with van der Waals surface area (Å²) >= 11 is 3.54. The van der Waals surface area contributed by atoms with Crippen LogP contribution in [0.25, 0.3) is 11.3 Å². The lowest BCUT2D eigenvalue weighted by atomic mass is 10.0. The van der Waals surface area contributed by atoms with Crippen LogP contribution in [-0.2, 0) is 6.54 Å². The number of hydrogen-bond donors (Lipinski definition) is 1. The second kappa shape index (κ2) is 7.87. The van der Waals surface area contributed by atoms with E-state index in [1.165, 1.54) is 5.56 Å². The van der Waals surface area contributed by atoms with Gasteiger partial charge in [-0.05, 0) is 43.0 Å². The molecule has 0 radical (unpaired) electrons. The molecule has 1 aromatic heterocycles. The Balaban J connectivity index is 1.47. The zero-order valence-electron chi connectivity index (χ0n) is 15.5. The van der Waals surface area contributed by atoms with Gasteiger partial charge >= 0.3 is 5.69 Å². The molecule has 4 nitrogen and oxygen atoms in total. The average molecular weight is 426 g/mol. The van der Waals surface area contributed by atoms with Crippen LogP contribution in [0.1, 0.15) is 30.1 Å². The number of aromatic amines is 1. The van der Waals surface area contributed by atoms with E-state index in [1.54, 1.807) is 0 Å². The molecule has 0 bridgehead atoms. The molecular weight excluding hydrogens is 402 g/mol. The van der Waals surface area contributed by atoms with Gasteiger partial charge in [0.15, 0.2) is 0 Å². The molecule has 3 aromatic rings. The average Bonchev–Trinajstić information content (AvgIpc) is 2.98. The van der Waals surface area contributed by atoms with E-state index in [1.807, 2.05) is 41.8 Å². The maximum absolute atomic E-state index is 12.6. The topological polar surface area (TPSA) is 41.0 Å². The van der Waals surface area contributed by atoms with Crippen molar-refractivity contribution in [2.24, 2.45) is 0 Å². The van der Waals surface area contributed by atoms with E-state index in [0.717, 1.165) is 53.9 Å². The quantitative estimate of drug-likeness (QED) is 0.654. The fraction of sp³-hybridized carbons (Fsp3) is 0.318. The van der Waals surface area contributed by atoms with Gasteiger partial charge in [0.1, 0.15) is 0 Å².